The first-order chi connectivity index (χ1) is 15.8. The van der Waals surface area contributed by atoms with E-state index in [-0.39, 0.29) is 35.1 Å². The number of likely N-dealkylation sites (N-methyl/N-ethyl adjacent to an activating group) is 1. The van der Waals surface area contributed by atoms with Crippen molar-refractivity contribution < 1.29 is 22.7 Å². The second kappa shape index (κ2) is 9.55. The van der Waals surface area contributed by atoms with Crippen molar-refractivity contribution in [3.63, 3.8) is 0 Å². The van der Waals surface area contributed by atoms with E-state index in [2.05, 4.69) is 0 Å². The second-order valence-electron chi connectivity index (χ2n) is 8.88. The van der Waals surface area contributed by atoms with Crippen LogP contribution in [0.25, 0.3) is 0 Å². The van der Waals surface area contributed by atoms with E-state index in [1.165, 1.54) is 35.0 Å². The van der Waals surface area contributed by atoms with Crippen LogP contribution in [0.5, 0.6) is 0 Å². The third-order valence-electron chi connectivity index (χ3n) is 6.61. The van der Waals surface area contributed by atoms with Gasteiger partial charge in [0, 0.05) is 19.1 Å². The van der Waals surface area contributed by atoms with E-state index in [0.717, 1.165) is 31.2 Å². The number of para-hydroxylation sites is 1. The lowest BCUT2D eigenvalue weighted by Gasteiger charge is -2.31. The first kappa shape index (κ1) is 23.3. The molecule has 1 unspecified atom stereocenters. The molecule has 1 heterocycles. The molecule has 0 radical (unpaired) electrons. The average molecular weight is 471 g/mol. The van der Waals surface area contributed by atoms with Gasteiger partial charge in [-0.05, 0) is 56.0 Å². The Balaban J connectivity index is 1.46. The number of amides is 1. The van der Waals surface area contributed by atoms with Crippen LogP contribution in [0.4, 0.5) is 5.69 Å². The lowest BCUT2D eigenvalue weighted by molar-refractivity contribution is -0.135. The molecular formula is C25H30N2O5S. The first-order valence-corrected chi connectivity index (χ1v) is 12.9. The highest BCUT2D eigenvalue weighted by Crippen LogP contribution is 2.36. The summed E-state index contributed by atoms with van der Waals surface area (Å²) in [6, 6.07) is 13.2. The van der Waals surface area contributed by atoms with E-state index in [1.54, 1.807) is 18.0 Å². The fourth-order valence-electron chi connectivity index (χ4n) is 4.78. The molecule has 1 amide bonds. The van der Waals surface area contributed by atoms with Gasteiger partial charge in [-0.1, -0.05) is 43.5 Å². The Bertz CT molecular complexity index is 1140. The summed E-state index contributed by atoms with van der Waals surface area (Å²) in [7, 11) is -2.12. The van der Waals surface area contributed by atoms with Crippen molar-refractivity contribution >= 4 is 27.6 Å². The van der Waals surface area contributed by atoms with E-state index in [1.807, 2.05) is 25.1 Å². The molecular weight excluding hydrogens is 440 g/mol. The number of benzene rings is 2. The maximum Gasteiger partial charge on any atom is 0.338 e. The molecule has 1 aliphatic carbocycles. The zero-order valence-electron chi connectivity index (χ0n) is 19.1. The summed E-state index contributed by atoms with van der Waals surface area (Å²) in [6.45, 7) is 1.50. The number of nitrogens with zero attached hydrogens (tertiary/aromatic N) is 2. The number of anilines is 1. The van der Waals surface area contributed by atoms with E-state index in [4.69, 9.17) is 4.74 Å². The monoisotopic (exact) mass is 470 g/mol. The molecule has 4 rings (SSSR count). The van der Waals surface area contributed by atoms with Crippen molar-refractivity contribution in [3.05, 3.63) is 59.7 Å². The van der Waals surface area contributed by atoms with Crippen molar-refractivity contribution in [3.8, 4) is 0 Å². The molecule has 33 heavy (non-hydrogen) atoms. The van der Waals surface area contributed by atoms with Crippen molar-refractivity contribution in [2.45, 2.75) is 62.4 Å². The predicted molar refractivity (Wildman–Crippen MR) is 126 cm³/mol. The summed E-state index contributed by atoms with van der Waals surface area (Å²) in [5.41, 5.74) is 1.74. The van der Waals surface area contributed by atoms with Crippen LogP contribution in [0, 0.1) is 0 Å². The highest BCUT2D eigenvalue weighted by molar-refractivity contribution is 7.92. The summed E-state index contributed by atoms with van der Waals surface area (Å²) < 4.78 is 33.5. The summed E-state index contributed by atoms with van der Waals surface area (Å²) in [5.74, 6) is -0.964. The van der Waals surface area contributed by atoms with Crippen LogP contribution in [-0.4, -0.2) is 50.9 Å². The Morgan fingerprint density at radius 2 is 1.79 bits per heavy atom. The van der Waals surface area contributed by atoms with Crippen LogP contribution in [0.1, 0.15) is 54.9 Å². The molecule has 2 aromatic carbocycles. The summed E-state index contributed by atoms with van der Waals surface area (Å²) in [5, 5.41) is 0. The Kier molecular flexibility index (Phi) is 6.74. The average Bonchev–Trinajstić information content (AvgIpc) is 3.18. The van der Waals surface area contributed by atoms with Gasteiger partial charge >= 0.3 is 5.97 Å². The van der Waals surface area contributed by atoms with Gasteiger partial charge in [0.15, 0.2) is 6.61 Å². The van der Waals surface area contributed by atoms with Gasteiger partial charge in [-0.3, -0.25) is 9.10 Å². The molecule has 0 N–H and O–H groups in total. The normalized spacial score (nSPS) is 18.6. The maximum absolute atomic E-state index is 13.4. The van der Waals surface area contributed by atoms with Crippen molar-refractivity contribution in [2.24, 2.45) is 0 Å². The van der Waals surface area contributed by atoms with Crippen LogP contribution in [-0.2, 0) is 26.0 Å². The topological polar surface area (TPSA) is 84.0 Å². The molecule has 0 aromatic heterocycles. The zero-order chi connectivity index (χ0) is 23.6. The van der Waals surface area contributed by atoms with E-state index < -0.39 is 16.0 Å². The molecule has 0 spiro atoms. The molecule has 0 saturated heterocycles. The molecule has 1 fully saturated rings. The number of ether oxygens (including phenoxy) is 1. The third kappa shape index (κ3) is 4.76. The van der Waals surface area contributed by atoms with Gasteiger partial charge in [0.1, 0.15) is 0 Å². The van der Waals surface area contributed by atoms with Crippen LogP contribution in [0.15, 0.2) is 53.4 Å². The standard InChI is InChI=1S/C25H30N2O5S/c1-18-15-19-9-6-7-14-23(19)27(18)33(30,31)22-13-8-10-20(16-22)25(29)32-17-24(28)26(2)21-11-4-3-5-12-21/h6-10,13-14,16,18,21H,3-5,11-12,15,17H2,1-2H3. The number of carbonyl (C=O) groups is 2. The summed E-state index contributed by atoms with van der Waals surface area (Å²) in [4.78, 5) is 26.8. The number of hydrogen-bond donors (Lipinski definition) is 0. The van der Waals surface area contributed by atoms with Gasteiger partial charge in [-0.25, -0.2) is 13.2 Å². The minimum atomic E-state index is -3.87. The molecule has 176 valence electrons. The fraction of sp³-hybridized carbons (Fsp3) is 0.440. The van der Waals surface area contributed by atoms with Crippen LogP contribution in [0.3, 0.4) is 0 Å². The van der Waals surface area contributed by atoms with Crippen LogP contribution < -0.4 is 4.31 Å². The molecule has 2 aromatic rings. The SMILES string of the molecule is CC1Cc2ccccc2N1S(=O)(=O)c1cccc(C(=O)OCC(=O)N(C)C2CCCCC2)c1. The van der Waals surface area contributed by atoms with Gasteiger partial charge in [-0.2, -0.15) is 0 Å². The lowest BCUT2D eigenvalue weighted by Crippen LogP contribution is -2.40. The highest BCUT2D eigenvalue weighted by Gasteiger charge is 2.36. The number of sulfonamides is 1. The van der Waals surface area contributed by atoms with Crippen LogP contribution >= 0.6 is 0 Å². The molecule has 1 saturated carbocycles. The van der Waals surface area contributed by atoms with Gasteiger partial charge in [0.05, 0.1) is 16.1 Å². The Morgan fingerprint density at radius 1 is 1.06 bits per heavy atom. The lowest BCUT2D eigenvalue weighted by atomic mass is 9.94. The van der Waals surface area contributed by atoms with E-state index in [0.29, 0.717) is 12.1 Å². The van der Waals surface area contributed by atoms with Gasteiger partial charge in [0.2, 0.25) is 0 Å². The van der Waals surface area contributed by atoms with E-state index in [9.17, 15) is 18.0 Å². The molecule has 1 aliphatic heterocycles. The molecule has 2 aliphatic rings. The third-order valence-corrected chi connectivity index (χ3v) is 8.54. The summed E-state index contributed by atoms with van der Waals surface area (Å²) >= 11 is 0. The fourth-order valence-corrected chi connectivity index (χ4v) is 6.52. The van der Waals surface area contributed by atoms with E-state index >= 15 is 0 Å². The predicted octanol–water partition coefficient (Wildman–Crippen LogP) is 3.77. The minimum absolute atomic E-state index is 0.0196. The van der Waals surface area contributed by atoms with Crippen molar-refractivity contribution in [1.29, 1.82) is 0 Å². The van der Waals surface area contributed by atoms with Gasteiger partial charge < -0.3 is 9.64 Å². The first-order valence-electron chi connectivity index (χ1n) is 11.4. The molecule has 0 bridgehead atoms. The Hall–Kier alpha value is -2.87. The zero-order valence-corrected chi connectivity index (χ0v) is 19.9. The minimum Gasteiger partial charge on any atom is -0.452 e. The number of esters is 1. The van der Waals surface area contributed by atoms with Gasteiger partial charge in [0.25, 0.3) is 15.9 Å². The number of rotatable bonds is 6. The maximum atomic E-state index is 13.4. The second-order valence-corrected chi connectivity index (χ2v) is 10.7. The van der Waals surface area contributed by atoms with Crippen molar-refractivity contribution in [1.82, 2.24) is 4.90 Å². The van der Waals surface area contributed by atoms with Gasteiger partial charge in [-0.15, -0.1) is 0 Å². The molecule has 1 atom stereocenters. The number of carbonyl (C=O) groups excluding carboxylic acids is 2. The Labute approximate surface area is 195 Å². The smallest absolute Gasteiger partial charge is 0.338 e. The van der Waals surface area contributed by atoms with Crippen molar-refractivity contribution in [2.75, 3.05) is 18.0 Å². The number of fused-ring (bicyclic) bond motifs is 1. The highest BCUT2D eigenvalue weighted by atomic mass is 32.2. The summed E-state index contributed by atoms with van der Waals surface area (Å²) in [6.07, 6.45) is 5.96. The number of hydrogen-bond acceptors (Lipinski definition) is 5. The largest absolute Gasteiger partial charge is 0.452 e. The molecule has 8 heteroatoms. The quantitative estimate of drug-likeness (QED) is 0.600. The molecule has 7 nitrogen and oxygen atoms in total. The Morgan fingerprint density at radius 3 is 2.55 bits per heavy atom. The van der Waals surface area contributed by atoms with Crippen LogP contribution in [0.2, 0.25) is 0 Å².